The molecule has 4 rings (SSSR count). The Balaban J connectivity index is 1.44. The molecule has 1 N–H and O–H groups in total. The number of amides is 1. The van der Waals surface area contributed by atoms with E-state index < -0.39 is 0 Å². The summed E-state index contributed by atoms with van der Waals surface area (Å²) in [5.74, 6) is 2.35. The second-order valence-corrected chi connectivity index (χ2v) is 8.35. The minimum Gasteiger partial charge on any atom is -0.326 e. The van der Waals surface area contributed by atoms with Gasteiger partial charge in [-0.2, -0.15) is 0 Å². The van der Waals surface area contributed by atoms with Gasteiger partial charge in [-0.15, -0.1) is 23.5 Å². The maximum absolute atomic E-state index is 12.3. The molecule has 0 saturated carbocycles. The Bertz CT molecular complexity index is 838. The Morgan fingerprint density at radius 2 is 2.08 bits per heavy atom. The fourth-order valence-corrected chi connectivity index (χ4v) is 5.59. The van der Waals surface area contributed by atoms with E-state index in [9.17, 15) is 4.79 Å². The van der Waals surface area contributed by atoms with Gasteiger partial charge in [0.15, 0.2) is 0 Å². The van der Waals surface area contributed by atoms with Crippen LogP contribution < -0.4 is 5.32 Å². The number of pyridine rings is 1. The molecule has 6 heteroatoms. The fraction of sp³-hybridized carbons (Fsp3) is 0.222. The van der Waals surface area contributed by atoms with Crippen LogP contribution in [-0.2, 0) is 11.2 Å². The number of rotatable bonds is 4. The SMILES string of the molecule is O=C(Cc1cn2ccccc2n1)Nc1cccc(C2SCCS2)c1. The maximum Gasteiger partial charge on any atom is 0.230 e. The van der Waals surface area contributed by atoms with Crippen molar-refractivity contribution in [3.8, 4) is 0 Å². The number of fused-ring (bicyclic) bond motifs is 1. The molecule has 1 aliphatic rings. The first kappa shape index (κ1) is 15.6. The molecule has 1 amide bonds. The van der Waals surface area contributed by atoms with Gasteiger partial charge in [0.25, 0.3) is 0 Å². The number of benzene rings is 1. The highest BCUT2D eigenvalue weighted by Crippen LogP contribution is 2.45. The van der Waals surface area contributed by atoms with Gasteiger partial charge in [-0.1, -0.05) is 18.2 Å². The quantitative estimate of drug-likeness (QED) is 0.768. The molecule has 3 aromatic rings. The molecule has 0 spiro atoms. The lowest BCUT2D eigenvalue weighted by Crippen LogP contribution is -2.14. The molecule has 4 nitrogen and oxygen atoms in total. The van der Waals surface area contributed by atoms with E-state index in [-0.39, 0.29) is 12.3 Å². The molecule has 1 aromatic carbocycles. The molecule has 0 atom stereocenters. The van der Waals surface area contributed by atoms with Gasteiger partial charge >= 0.3 is 0 Å². The third-order valence-corrected chi connectivity index (χ3v) is 6.92. The maximum atomic E-state index is 12.3. The van der Waals surface area contributed by atoms with Crippen LogP contribution in [-0.4, -0.2) is 26.8 Å². The first-order chi connectivity index (χ1) is 11.8. The van der Waals surface area contributed by atoms with Crippen LogP contribution in [0.4, 0.5) is 5.69 Å². The molecule has 0 aliphatic carbocycles. The van der Waals surface area contributed by atoms with Gasteiger partial charge in [-0.05, 0) is 29.8 Å². The summed E-state index contributed by atoms with van der Waals surface area (Å²) in [6.45, 7) is 0. The van der Waals surface area contributed by atoms with Gasteiger partial charge in [-0.25, -0.2) is 4.98 Å². The molecular weight excluding hydrogens is 338 g/mol. The van der Waals surface area contributed by atoms with Crippen molar-refractivity contribution < 1.29 is 4.79 Å². The molecule has 3 heterocycles. The number of nitrogens with zero attached hydrogens (tertiary/aromatic N) is 2. The average Bonchev–Trinajstić information content (AvgIpc) is 3.24. The molecule has 1 aliphatic heterocycles. The Morgan fingerprint density at radius 3 is 2.92 bits per heavy atom. The third-order valence-electron chi connectivity index (χ3n) is 3.82. The number of carbonyl (C=O) groups excluding carboxylic acids is 1. The van der Waals surface area contributed by atoms with Crippen molar-refractivity contribution in [1.29, 1.82) is 0 Å². The monoisotopic (exact) mass is 355 g/mol. The van der Waals surface area contributed by atoms with Crippen molar-refractivity contribution in [2.45, 2.75) is 11.0 Å². The first-order valence-corrected chi connectivity index (χ1v) is 9.93. The van der Waals surface area contributed by atoms with Crippen molar-refractivity contribution in [1.82, 2.24) is 9.38 Å². The minimum absolute atomic E-state index is 0.0396. The normalized spacial score (nSPS) is 15.0. The van der Waals surface area contributed by atoms with Gasteiger partial charge in [0.1, 0.15) is 5.65 Å². The zero-order valence-electron chi connectivity index (χ0n) is 13.0. The van der Waals surface area contributed by atoms with E-state index in [1.807, 2.05) is 70.6 Å². The Hall–Kier alpha value is -1.92. The minimum atomic E-state index is -0.0396. The van der Waals surface area contributed by atoms with E-state index in [0.29, 0.717) is 4.58 Å². The van der Waals surface area contributed by atoms with Gasteiger partial charge in [0.2, 0.25) is 5.91 Å². The summed E-state index contributed by atoms with van der Waals surface area (Å²) in [6, 6.07) is 14.0. The van der Waals surface area contributed by atoms with Crippen LogP contribution in [0.3, 0.4) is 0 Å². The summed E-state index contributed by atoms with van der Waals surface area (Å²) in [6.07, 6.45) is 4.11. The van der Waals surface area contributed by atoms with E-state index in [0.717, 1.165) is 17.0 Å². The second kappa shape index (κ2) is 6.91. The molecule has 2 aromatic heterocycles. The van der Waals surface area contributed by atoms with Gasteiger partial charge in [-0.3, -0.25) is 4.79 Å². The molecule has 122 valence electrons. The lowest BCUT2D eigenvalue weighted by molar-refractivity contribution is -0.115. The van der Waals surface area contributed by atoms with Crippen LogP contribution in [0, 0.1) is 0 Å². The van der Waals surface area contributed by atoms with E-state index in [4.69, 9.17) is 0 Å². The largest absolute Gasteiger partial charge is 0.326 e. The third kappa shape index (κ3) is 3.44. The Labute approximate surface area is 149 Å². The summed E-state index contributed by atoms with van der Waals surface area (Å²) >= 11 is 3.93. The number of thioether (sulfide) groups is 2. The van der Waals surface area contributed by atoms with Crippen molar-refractivity contribution in [3.63, 3.8) is 0 Å². The zero-order chi connectivity index (χ0) is 16.4. The number of imidazole rings is 1. The van der Waals surface area contributed by atoms with Crippen LogP contribution in [0.5, 0.6) is 0 Å². The summed E-state index contributed by atoms with van der Waals surface area (Å²) in [4.78, 5) is 16.8. The van der Waals surface area contributed by atoms with Crippen molar-refractivity contribution in [2.24, 2.45) is 0 Å². The first-order valence-electron chi connectivity index (χ1n) is 7.83. The highest BCUT2D eigenvalue weighted by atomic mass is 32.2. The summed E-state index contributed by atoms with van der Waals surface area (Å²) in [7, 11) is 0. The van der Waals surface area contributed by atoms with E-state index in [1.54, 1.807) is 0 Å². The number of nitrogens with one attached hydrogen (secondary N) is 1. The Kier molecular flexibility index (Phi) is 4.49. The van der Waals surface area contributed by atoms with Crippen LogP contribution >= 0.6 is 23.5 Å². The number of hydrogen-bond acceptors (Lipinski definition) is 4. The van der Waals surface area contributed by atoms with E-state index >= 15 is 0 Å². The molecule has 1 saturated heterocycles. The van der Waals surface area contributed by atoms with Gasteiger partial charge in [0.05, 0.1) is 16.7 Å². The number of aromatic nitrogens is 2. The summed E-state index contributed by atoms with van der Waals surface area (Å²) in [5, 5.41) is 2.99. The molecule has 1 fully saturated rings. The molecule has 0 unspecified atom stereocenters. The number of anilines is 1. The van der Waals surface area contributed by atoms with Crippen LogP contribution in [0.15, 0.2) is 54.9 Å². The highest BCUT2D eigenvalue weighted by molar-refractivity contribution is 8.19. The van der Waals surface area contributed by atoms with E-state index in [1.165, 1.54) is 17.1 Å². The standard InChI is InChI=1S/C18H17N3OS2/c22-17(11-15-12-21-7-2-1-6-16(21)19-15)20-14-5-3-4-13(10-14)18-23-8-9-24-18/h1-7,10,12,18H,8-9,11H2,(H,20,22). The topological polar surface area (TPSA) is 46.4 Å². The lowest BCUT2D eigenvalue weighted by Gasteiger charge is -2.11. The predicted octanol–water partition coefficient (Wildman–Crippen LogP) is 3.99. The van der Waals surface area contributed by atoms with Crippen LogP contribution in [0.1, 0.15) is 15.8 Å². The smallest absolute Gasteiger partial charge is 0.230 e. The van der Waals surface area contributed by atoms with E-state index in [2.05, 4.69) is 22.4 Å². The average molecular weight is 355 g/mol. The summed E-state index contributed by atoms with van der Waals surface area (Å²) in [5.41, 5.74) is 3.76. The number of carbonyl (C=O) groups is 1. The zero-order valence-corrected chi connectivity index (χ0v) is 14.6. The second-order valence-electron chi connectivity index (χ2n) is 5.62. The Morgan fingerprint density at radius 1 is 1.21 bits per heavy atom. The molecular formula is C18H17N3OS2. The van der Waals surface area contributed by atoms with Gasteiger partial charge in [0, 0.05) is 29.6 Å². The molecule has 24 heavy (non-hydrogen) atoms. The van der Waals surface area contributed by atoms with Crippen LogP contribution in [0.2, 0.25) is 0 Å². The molecule has 0 bridgehead atoms. The van der Waals surface area contributed by atoms with Crippen molar-refractivity contribution in [3.05, 3.63) is 66.1 Å². The van der Waals surface area contributed by atoms with Crippen molar-refractivity contribution in [2.75, 3.05) is 16.8 Å². The fourth-order valence-electron chi connectivity index (χ4n) is 2.76. The highest BCUT2D eigenvalue weighted by Gasteiger charge is 2.18. The van der Waals surface area contributed by atoms with Crippen LogP contribution in [0.25, 0.3) is 5.65 Å². The lowest BCUT2D eigenvalue weighted by atomic mass is 10.2. The molecule has 0 radical (unpaired) electrons. The number of hydrogen-bond donors (Lipinski definition) is 1. The van der Waals surface area contributed by atoms with Gasteiger partial charge < -0.3 is 9.72 Å². The summed E-state index contributed by atoms with van der Waals surface area (Å²) < 4.78 is 2.41. The van der Waals surface area contributed by atoms with Crippen molar-refractivity contribution >= 4 is 40.8 Å². The predicted molar refractivity (Wildman–Crippen MR) is 102 cm³/mol.